The number of hydrogen-bond donors (Lipinski definition) is 0. The summed E-state index contributed by atoms with van der Waals surface area (Å²) in [5.41, 5.74) is 2.37. The van der Waals surface area contributed by atoms with E-state index >= 15 is 0 Å². The van der Waals surface area contributed by atoms with E-state index in [9.17, 15) is 0 Å². The van der Waals surface area contributed by atoms with Gasteiger partial charge >= 0.3 is 0 Å². The zero-order valence-corrected chi connectivity index (χ0v) is 13.0. The summed E-state index contributed by atoms with van der Waals surface area (Å²) in [5.74, 6) is 0. The summed E-state index contributed by atoms with van der Waals surface area (Å²) < 4.78 is 12.1. The van der Waals surface area contributed by atoms with Crippen molar-refractivity contribution < 1.29 is 9.47 Å². The Balaban J connectivity index is 1.83. The number of aromatic nitrogens is 1. The molecule has 3 rings (SSSR count). The summed E-state index contributed by atoms with van der Waals surface area (Å²) in [6, 6.07) is 14.2. The van der Waals surface area contributed by atoms with Crippen molar-refractivity contribution in [1.29, 1.82) is 0 Å². The Hall–Kier alpha value is -1.71. The second kappa shape index (κ2) is 4.93. The fourth-order valence-electron chi connectivity index (χ4n) is 2.30. The Bertz CT molecular complexity index is 601. The van der Waals surface area contributed by atoms with Gasteiger partial charge in [-0.2, -0.15) is 0 Å². The van der Waals surface area contributed by atoms with Gasteiger partial charge in [0.15, 0.2) is 6.29 Å². The predicted molar refractivity (Wildman–Crippen MR) is 82.7 cm³/mol. The van der Waals surface area contributed by atoms with Crippen LogP contribution in [0.4, 0.5) is 0 Å². The highest BCUT2D eigenvalue weighted by Gasteiger charge is 2.49. The number of benzene rings is 1. The second-order valence-corrected chi connectivity index (χ2v) is 6.43. The SMILES string of the molecule is CC1(C)OC(c2ccc(-c3ccccc3)nc2)OC1(C)C. The summed E-state index contributed by atoms with van der Waals surface area (Å²) >= 11 is 0. The van der Waals surface area contributed by atoms with Gasteiger partial charge in [0.2, 0.25) is 0 Å². The third-order valence-electron chi connectivity index (χ3n) is 4.38. The van der Waals surface area contributed by atoms with Crippen LogP contribution in [-0.2, 0) is 9.47 Å². The van der Waals surface area contributed by atoms with E-state index in [4.69, 9.17) is 9.47 Å². The first-order valence-electron chi connectivity index (χ1n) is 7.26. The molecular weight excluding hydrogens is 262 g/mol. The topological polar surface area (TPSA) is 31.4 Å². The van der Waals surface area contributed by atoms with E-state index in [2.05, 4.69) is 44.8 Å². The van der Waals surface area contributed by atoms with E-state index in [1.807, 2.05) is 36.5 Å². The van der Waals surface area contributed by atoms with Gasteiger partial charge in [-0.1, -0.05) is 36.4 Å². The Morgan fingerprint density at radius 3 is 2.00 bits per heavy atom. The Morgan fingerprint density at radius 2 is 1.48 bits per heavy atom. The van der Waals surface area contributed by atoms with Gasteiger partial charge < -0.3 is 9.47 Å². The first-order chi connectivity index (χ1) is 9.89. The Labute approximate surface area is 125 Å². The van der Waals surface area contributed by atoms with Crippen LogP contribution in [0.15, 0.2) is 48.7 Å². The molecule has 0 unspecified atom stereocenters. The molecular formula is C18H21NO2. The van der Waals surface area contributed by atoms with Gasteiger partial charge in [-0.15, -0.1) is 0 Å². The van der Waals surface area contributed by atoms with E-state index in [0.717, 1.165) is 16.8 Å². The second-order valence-electron chi connectivity index (χ2n) is 6.43. The van der Waals surface area contributed by atoms with Crippen LogP contribution < -0.4 is 0 Å². The monoisotopic (exact) mass is 283 g/mol. The smallest absolute Gasteiger partial charge is 0.186 e. The molecule has 110 valence electrons. The average molecular weight is 283 g/mol. The van der Waals surface area contributed by atoms with Crippen molar-refractivity contribution in [2.24, 2.45) is 0 Å². The van der Waals surface area contributed by atoms with Crippen molar-refractivity contribution in [2.45, 2.75) is 45.2 Å². The van der Waals surface area contributed by atoms with Gasteiger partial charge in [0.25, 0.3) is 0 Å². The standard InChI is InChI=1S/C18H21NO2/c1-17(2)18(3,4)21-16(20-17)14-10-11-15(19-12-14)13-8-6-5-7-9-13/h5-12,16H,1-4H3. The van der Waals surface area contributed by atoms with Gasteiger partial charge in [0.1, 0.15) is 0 Å². The lowest BCUT2D eigenvalue weighted by Crippen LogP contribution is -2.41. The zero-order chi connectivity index (χ0) is 15.1. The minimum atomic E-state index is -0.354. The van der Waals surface area contributed by atoms with Crippen LogP contribution in [-0.4, -0.2) is 16.2 Å². The van der Waals surface area contributed by atoms with Crippen LogP contribution in [0.3, 0.4) is 0 Å². The highest BCUT2D eigenvalue weighted by atomic mass is 16.7. The van der Waals surface area contributed by atoms with Crippen LogP contribution in [0.5, 0.6) is 0 Å². The number of pyridine rings is 1. The van der Waals surface area contributed by atoms with Gasteiger partial charge in [-0.3, -0.25) is 4.98 Å². The molecule has 1 aromatic carbocycles. The zero-order valence-electron chi connectivity index (χ0n) is 13.0. The third kappa shape index (κ3) is 2.59. The van der Waals surface area contributed by atoms with Gasteiger partial charge in [-0.05, 0) is 33.8 Å². The molecule has 0 radical (unpaired) electrons. The van der Waals surface area contributed by atoms with Crippen molar-refractivity contribution in [3.63, 3.8) is 0 Å². The van der Waals surface area contributed by atoms with Gasteiger partial charge in [0, 0.05) is 17.3 Å². The quantitative estimate of drug-likeness (QED) is 0.821. The van der Waals surface area contributed by atoms with E-state index in [1.54, 1.807) is 0 Å². The first-order valence-corrected chi connectivity index (χ1v) is 7.26. The van der Waals surface area contributed by atoms with Crippen molar-refractivity contribution >= 4 is 0 Å². The van der Waals surface area contributed by atoms with Crippen molar-refractivity contribution in [1.82, 2.24) is 4.98 Å². The molecule has 1 aromatic heterocycles. The number of rotatable bonds is 2. The van der Waals surface area contributed by atoms with E-state index < -0.39 is 0 Å². The molecule has 0 bridgehead atoms. The lowest BCUT2D eigenvalue weighted by molar-refractivity contribution is -0.0897. The molecule has 0 amide bonds. The molecule has 21 heavy (non-hydrogen) atoms. The summed E-state index contributed by atoms with van der Waals surface area (Å²) in [6.45, 7) is 8.22. The molecule has 2 aromatic rings. The fourth-order valence-corrected chi connectivity index (χ4v) is 2.30. The summed E-state index contributed by atoms with van der Waals surface area (Å²) in [6.07, 6.45) is 1.48. The number of ether oxygens (including phenoxy) is 2. The fraction of sp³-hybridized carbons (Fsp3) is 0.389. The summed E-state index contributed by atoms with van der Waals surface area (Å²) in [5, 5.41) is 0. The van der Waals surface area contributed by atoms with Crippen LogP contribution in [0.25, 0.3) is 11.3 Å². The molecule has 1 aliphatic rings. The van der Waals surface area contributed by atoms with E-state index in [-0.39, 0.29) is 17.5 Å². The van der Waals surface area contributed by atoms with Gasteiger partial charge in [0.05, 0.1) is 16.9 Å². The minimum absolute atomic E-state index is 0.324. The third-order valence-corrected chi connectivity index (χ3v) is 4.38. The highest BCUT2D eigenvalue weighted by molar-refractivity contribution is 5.58. The molecule has 0 atom stereocenters. The lowest BCUT2D eigenvalue weighted by Gasteiger charge is -2.30. The van der Waals surface area contributed by atoms with E-state index in [1.165, 1.54) is 0 Å². The molecule has 0 N–H and O–H groups in total. The number of nitrogens with zero attached hydrogens (tertiary/aromatic N) is 1. The predicted octanol–water partition coefficient (Wildman–Crippen LogP) is 4.35. The molecule has 1 aliphatic heterocycles. The molecule has 0 spiro atoms. The van der Waals surface area contributed by atoms with Crippen molar-refractivity contribution in [3.05, 3.63) is 54.2 Å². The molecule has 0 saturated carbocycles. The Morgan fingerprint density at radius 1 is 0.857 bits per heavy atom. The Kier molecular flexibility index (Phi) is 3.34. The van der Waals surface area contributed by atoms with Crippen LogP contribution in [0, 0.1) is 0 Å². The average Bonchev–Trinajstić information content (AvgIpc) is 2.69. The largest absolute Gasteiger partial charge is 0.339 e. The summed E-state index contributed by atoms with van der Waals surface area (Å²) in [7, 11) is 0. The lowest BCUT2D eigenvalue weighted by atomic mass is 9.90. The van der Waals surface area contributed by atoms with Gasteiger partial charge in [-0.25, -0.2) is 0 Å². The molecule has 3 heteroatoms. The van der Waals surface area contributed by atoms with Crippen LogP contribution >= 0.6 is 0 Å². The minimum Gasteiger partial charge on any atom is -0.339 e. The number of hydrogen-bond acceptors (Lipinski definition) is 3. The van der Waals surface area contributed by atoms with E-state index in [0.29, 0.717) is 0 Å². The summed E-state index contributed by atoms with van der Waals surface area (Å²) in [4.78, 5) is 4.53. The van der Waals surface area contributed by atoms with Crippen LogP contribution in [0.1, 0.15) is 39.5 Å². The molecule has 3 nitrogen and oxygen atoms in total. The first kappa shape index (κ1) is 14.2. The molecule has 1 fully saturated rings. The highest BCUT2D eigenvalue weighted by Crippen LogP contribution is 2.44. The molecule has 0 aliphatic carbocycles. The van der Waals surface area contributed by atoms with Crippen LogP contribution in [0.2, 0.25) is 0 Å². The maximum absolute atomic E-state index is 6.03. The molecule has 1 saturated heterocycles. The van der Waals surface area contributed by atoms with Crippen molar-refractivity contribution in [2.75, 3.05) is 0 Å². The normalized spacial score (nSPS) is 20.6. The molecule has 2 heterocycles. The maximum atomic E-state index is 6.03. The van der Waals surface area contributed by atoms with Crippen molar-refractivity contribution in [3.8, 4) is 11.3 Å². The maximum Gasteiger partial charge on any atom is 0.186 e.